The number of nitrogens with one attached hydrogen (secondary N) is 1. The Morgan fingerprint density at radius 1 is 1.18 bits per heavy atom. The zero-order chi connectivity index (χ0) is 24.8. The van der Waals surface area contributed by atoms with E-state index in [2.05, 4.69) is 10.5 Å². The molecule has 0 saturated carbocycles. The molecule has 14 nitrogen and oxygen atoms in total. The van der Waals surface area contributed by atoms with Crippen LogP contribution in [0.25, 0.3) is 0 Å². The Morgan fingerprint density at radius 3 is 2.47 bits per heavy atom. The number of ether oxygens (including phenoxy) is 4. The fraction of sp³-hybridized carbons (Fsp3) is 0.500. The first-order valence-electron chi connectivity index (χ1n) is 10.3. The monoisotopic (exact) mass is 481 g/mol. The van der Waals surface area contributed by atoms with Crippen LogP contribution in [0.3, 0.4) is 0 Å². The predicted molar refractivity (Wildman–Crippen MR) is 109 cm³/mol. The quantitative estimate of drug-likeness (QED) is 0.262. The molecule has 0 bridgehead atoms. The third-order valence-corrected chi connectivity index (χ3v) is 4.70. The highest BCUT2D eigenvalue weighted by molar-refractivity contribution is 5.92. The van der Waals surface area contributed by atoms with Gasteiger partial charge in [-0.3, -0.25) is 9.36 Å². The number of esters is 3. The number of aromatic nitrogens is 2. The number of anilines is 1. The molecule has 34 heavy (non-hydrogen) atoms. The van der Waals surface area contributed by atoms with Gasteiger partial charge in [-0.15, -0.1) is 0 Å². The van der Waals surface area contributed by atoms with Crippen molar-refractivity contribution in [3.63, 3.8) is 0 Å². The van der Waals surface area contributed by atoms with Gasteiger partial charge in [0.2, 0.25) is 0 Å². The van der Waals surface area contributed by atoms with Crippen molar-refractivity contribution >= 4 is 29.7 Å². The molecule has 0 spiro atoms. The van der Waals surface area contributed by atoms with Crippen LogP contribution in [0.15, 0.2) is 29.2 Å². The number of nitrogens with zero attached hydrogens (tertiary/aromatic N) is 2. The van der Waals surface area contributed by atoms with Gasteiger partial charge in [0.15, 0.2) is 24.3 Å². The topological polar surface area (TPSA) is 182 Å². The SMILES string of the molecule is CC(C)C(=O)ONc1ccn([C@@H]2O[C@H](COC(=O)CCO)C3OC(=O)/C=C\C(=O)O[C@H]32)c(=O)n1. The molecule has 1 unspecified atom stereocenters. The third kappa shape index (κ3) is 5.96. The number of carbonyl (C=O) groups is 4. The molecule has 2 aliphatic rings. The van der Waals surface area contributed by atoms with Gasteiger partial charge in [0.05, 0.1) is 18.9 Å². The maximum atomic E-state index is 12.7. The molecule has 184 valence electrons. The van der Waals surface area contributed by atoms with Crippen LogP contribution >= 0.6 is 0 Å². The number of fused-ring (bicyclic) bond motifs is 1. The van der Waals surface area contributed by atoms with Crippen molar-refractivity contribution in [1.82, 2.24) is 9.55 Å². The van der Waals surface area contributed by atoms with E-state index in [4.69, 9.17) is 28.9 Å². The molecule has 1 fully saturated rings. The highest BCUT2D eigenvalue weighted by atomic mass is 16.7. The minimum Gasteiger partial charge on any atom is -0.463 e. The zero-order valence-electron chi connectivity index (χ0n) is 18.2. The summed E-state index contributed by atoms with van der Waals surface area (Å²) in [6.45, 7) is 2.42. The second kappa shape index (κ2) is 10.9. The number of aliphatic hydroxyl groups is 1. The van der Waals surface area contributed by atoms with Gasteiger partial charge in [-0.05, 0) is 0 Å². The lowest BCUT2D eigenvalue weighted by molar-refractivity contribution is -0.165. The first-order chi connectivity index (χ1) is 16.2. The van der Waals surface area contributed by atoms with Crippen LogP contribution in [0.4, 0.5) is 5.82 Å². The smallest absolute Gasteiger partial charge is 0.351 e. The van der Waals surface area contributed by atoms with Gasteiger partial charge in [-0.25, -0.2) is 24.7 Å². The highest BCUT2D eigenvalue weighted by Gasteiger charge is 2.51. The van der Waals surface area contributed by atoms with Crippen LogP contribution in [-0.2, 0) is 43.0 Å². The Morgan fingerprint density at radius 2 is 1.85 bits per heavy atom. The van der Waals surface area contributed by atoms with Crippen molar-refractivity contribution in [2.45, 2.75) is 44.8 Å². The minimum absolute atomic E-state index is 0.0664. The van der Waals surface area contributed by atoms with Crippen molar-refractivity contribution in [2.75, 3.05) is 18.7 Å². The molecule has 0 aliphatic carbocycles. The first kappa shape index (κ1) is 24.9. The zero-order valence-corrected chi connectivity index (χ0v) is 18.2. The van der Waals surface area contributed by atoms with E-state index in [1.54, 1.807) is 13.8 Å². The Hall–Kier alpha value is -3.78. The van der Waals surface area contributed by atoms with Gasteiger partial charge in [0.25, 0.3) is 0 Å². The molecule has 14 heteroatoms. The molecule has 0 amide bonds. The summed E-state index contributed by atoms with van der Waals surface area (Å²) < 4.78 is 22.4. The minimum atomic E-state index is -1.29. The van der Waals surface area contributed by atoms with Crippen LogP contribution < -0.4 is 11.2 Å². The Balaban J connectivity index is 1.84. The molecule has 2 N–H and O–H groups in total. The molecular weight excluding hydrogens is 458 g/mol. The largest absolute Gasteiger partial charge is 0.463 e. The van der Waals surface area contributed by atoms with Crippen molar-refractivity contribution in [3.05, 3.63) is 34.9 Å². The van der Waals surface area contributed by atoms with Gasteiger partial charge in [0.1, 0.15) is 12.7 Å². The Bertz CT molecular complexity index is 1030. The number of carbonyl (C=O) groups excluding carboxylic acids is 4. The van der Waals surface area contributed by atoms with Gasteiger partial charge < -0.3 is 28.9 Å². The van der Waals surface area contributed by atoms with E-state index < -0.39 is 73.2 Å². The maximum Gasteiger partial charge on any atom is 0.351 e. The summed E-state index contributed by atoms with van der Waals surface area (Å²) in [5.41, 5.74) is 1.40. The molecule has 2 aliphatic heterocycles. The highest BCUT2D eigenvalue weighted by Crippen LogP contribution is 2.34. The van der Waals surface area contributed by atoms with Gasteiger partial charge in [-0.2, -0.15) is 4.98 Å². The van der Waals surface area contributed by atoms with Crippen molar-refractivity contribution in [2.24, 2.45) is 5.92 Å². The van der Waals surface area contributed by atoms with Gasteiger partial charge in [0, 0.05) is 24.4 Å². The van der Waals surface area contributed by atoms with Crippen LogP contribution in [-0.4, -0.2) is 70.1 Å². The van der Waals surface area contributed by atoms with E-state index in [1.165, 1.54) is 12.3 Å². The summed E-state index contributed by atoms with van der Waals surface area (Å²) in [5, 5.41) is 8.84. The van der Waals surface area contributed by atoms with E-state index >= 15 is 0 Å². The Labute approximate surface area is 192 Å². The van der Waals surface area contributed by atoms with Crippen molar-refractivity contribution in [1.29, 1.82) is 0 Å². The molecule has 4 atom stereocenters. The normalized spacial score (nSPS) is 24.8. The van der Waals surface area contributed by atoms with Crippen LogP contribution in [0.2, 0.25) is 0 Å². The number of rotatable bonds is 8. The fourth-order valence-corrected chi connectivity index (χ4v) is 3.04. The molecule has 0 aromatic carbocycles. The molecule has 3 rings (SSSR count). The van der Waals surface area contributed by atoms with Crippen molar-refractivity contribution < 1.29 is 48.1 Å². The molecule has 1 aromatic rings. The number of hydrogen-bond acceptors (Lipinski definition) is 13. The second-order valence-electron chi connectivity index (χ2n) is 7.54. The lowest BCUT2D eigenvalue weighted by atomic mass is 10.1. The summed E-state index contributed by atoms with van der Waals surface area (Å²) in [4.78, 5) is 68.5. The molecule has 3 heterocycles. The predicted octanol–water partition coefficient (Wildman–Crippen LogP) is -1.01. The molecule has 1 saturated heterocycles. The molecule has 1 aromatic heterocycles. The Kier molecular flexibility index (Phi) is 7.96. The summed E-state index contributed by atoms with van der Waals surface area (Å²) in [5.74, 6) is -3.51. The summed E-state index contributed by atoms with van der Waals surface area (Å²) >= 11 is 0. The van der Waals surface area contributed by atoms with E-state index in [-0.39, 0.29) is 12.2 Å². The molecule has 0 radical (unpaired) electrons. The molecular formula is C20H23N3O11. The fourth-order valence-electron chi connectivity index (χ4n) is 3.04. The average Bonchev–Trinajstić information content (AvgIpc) is 3.09. The van der Waals surface area contributed by atoms with Crippen LogP contribution in [0.1, 0.15) is 26.5 Å². The van der Waals surface area contributed by atoms with E-state index in [0.29, 0.717) is 0 Å². The average molecular weight is 481 g/mol. The maximum absolute atomic E-state index is 12.7. The van der Waals surface area contributed by atoms with E-state index in [9.17, 15) is 24.0 Å². The standard InChI is InChI=1S/C20H23N3O11/c1-10(2)19(28)34-22-12-5-7-23(20(29)21-12)18-17-16(32-14(26)3-4-15(27)33-17)11(31-18)9-30-13(25)6-8-24/h3-5,7,10-11,16-18,24H,6,8-9H2,1-2H3,(H,21,22,29)/b4-3-/t11-,16?,17-,18-/m1/s1. The van der Waals surface area contributed by atoms with Gasteiger partial charge in [-0.1, -0.05) is 13.8 Å². The van der Waals surface area contributed by atoms with Crippen LogP contribution in [0.5, 0.6) is 0 Å². The third-order valence-electron chi connectivity index (χ3n) is 4.70. The summed E-state index contributed by atoms with van der Waals surface area (Å²) in [7, 11) is 0. The lowest BCUT2D eigenvalue weighted by Crippen LogP contribution is -2.43. The lowest BCUT2D eigenvalue weighted by Gasteiger charge is -2.25. The number of aliphatic hydroxyl groups excluding tert-OH is 1. The summed E-state index contributed by atoms with van der Waals surface area (Å²) in [6, 6.07) is 1.30. The number of hydrogen-bond donors (Lipinski definition) is 2. The van der Waals surface area contributed by atoms with Crippen LogP contribution in [0, 0.1) is 5.92 Å². The van der Waals surface area contributed by atoms with Gasteiger partial charge >= 0.3 is 29.6 Å². The second-order valence-corrected chi connectivity index (χ2v) is 7.54. The van der Waals surface area contributed by atoms with E-state index in [0.717, 1.165) is 16.7 Å². The summed E-state index contributed by atoms with van der Waals surface area (Å²) in [6.07, 6.45) is -2.17. The van der Waals surface area contributed by atoms with E-state index in [1.807, 2.05) is 0 Å². The van der Waals surface area contributed by atoms with Crippen molar-refractivity contribution in [3.8, 4) is 0 Å². The first-order valence-corrected chi connectivity index (χ1v) is 10.3.